The monoisotopic (exact) mass is 362 g/mol. The fourth-order valence-electron chi connectivity index (χ4n) is 2.73. The summed E-state index contributed by atoms with van der Waals surface area (Å²) < 4.78 is 1.78. The standard InChI is InChI=1S/C20H15ClN4O/c1-13-16-11-14(12-22-17-9-5-6-10-18(17)26)19(21)23-20(16)25(24-13)15-7-3-2-4-8-15/h2-12,26H,1H3. The Labute approximate surface area is 155 Å². The highest BCUT2D eigenvalue weighted by Gasteiger charge is 2.13. The Bertz CT molecular complexity index is 1120. The molecule has 0 atom stereocenters. The molecule has 6 heteroatoms. The fraction of sp³-hybridized carbons (Fsp3) is 0.0500. The lowest BCUT2D eigenvalue weighted by molar-refractivity contribution is 0.477. The fourth-order valence-corrected chi connectivity index (χ4v) is 2.91. The molecule has 1 N–H and O–H groups in total. The number of phenols is 1. The van der Waals surface area contributed by atoms with Crippen LogP contribution in [0, 0.1) is 6.92 Å². The molecule has 0 aliphatic carbocycles. The van der Waals surface area contributed by atoms with Gasteiger partial charge in [-0.05, 0) is 37.3 Å². The highest BCUT2D eigenvalue weighted by atomic mass is 35.5. The van der Waals surface area contributed by atoms with Gasteiger partial charge in [0.05, 0.1) is 11.4 Å². The van der Waals surface area contributed by atoms with Crippen LogP contribution >= 0.6 is 11.6 Å². The molecule has 5 nitrogen and oxygen atoms in total. The number of para-hydroxylation sites is 3. The molecule has 0 saturated heterocycles. The van der Waals surface area contributed by atoms with Crippen molar-refractivity contribution in [2.24, 2.45) is 4.99 Å². The Balaban J connectivity index is 1.81. The molecule has 0 radical (unpaired) electrons. The maximum Gasteiger partial charge on any atom is 0.164 e. The smallest absolute Gasteiger partial charge is 0.164 e. The van der Waals surface area contributed by atoms with Crippen molar-refractivity contribution in [3.8, 4) is 11.4 Å². The molecule has 0 fully saturated rings. The van der Waals surface area contributed by atoms with Gasteiger partial charge < -0.3 is 5.11 Å². The van der Waals surface area contributed by atoms with Gasteiger partial charge in [0.15, 0.2) is 5.65 Å². The summed E-state index contributed by atoms with van der Waals surface area (Å²) in [6.45, 7) is 1.93. The van der Waals surface area contributed by atoms with E-state index in [1.54, 1.807) is 29.1 Å². The molecule has 128 valence electrons. The number of halogens is 1. The molecule has 2 aromatic heterocycles. The van der Waals surface area contributed by atoms with Crippen LogP contribution in [0.25, 0.3) is 16.7 Å². The number of aromatic hydroxyl groups is 1. The highest BCUT2D eigenvalue weighted by Crippen LogP contribution is 2.27. The summed E-state index contributed by atoms with van der Waals surface area (Å²) in [5.74, 6) is 0.113. The molecule has 2 aromatic carbocycles. The quantitative estimate of drug-likeness (QED) is 0.419. The van der Waals surface area contributed by atoms with Crippen molar-refractivity contribution in [3.63, 3.8) is 0 Å². The molecule has 4 aromatic rings. The van der Waals surface area contributed by atoms with E-state index in [1.807, 2.05) is 49.4 Å². The molecule has 26 heavy (non-hydrogen) atoms. The average Bonchev–Trinajstić information content (AvgIpc) is 2.97. The van der Waals surface area contributed by atoms with Gasteiger partial charge in [-0.2, -0.15) is 5.10 Å². The third-order valence-electron chi connectivity index (χ3n) is 4.05. The number of rotatable bonds is 3. The van der Waals surface area contributed by atoms with Gasteiger partial charge >= 0.3 is 0 Å². The number of phenolic OH excluding ortho intramolecular Hbond substituents is 1. The Hall–Kier alpha value is -3.18. The van der Waals surface area contributed by atoms with Crippen LogP contribution in [-0.2, 0) is 0 Å². The second kappa shape index (κ2) is 6.61. The lowest BCUT2D eigenvalue weighted by atomic mass is 10.2. The van der Waals surface area contributed by atoms with Crippen molar-refractivity contribution in [2.75, 3.05) is 0 Å². The number of hydrogen-bond donors (Lipinski definition) is 1. The molecule has 0 bridgehead atoms. The zero-order chi connectivity index (χ0) is 18.1. The molecule has 0 spiro atoms. The number of fused-ring (bicyclic) bond motifs is 1. The molecule has 0 aliphatic rings. The summed E-state index contributed by atoms with van der Waals surface area (Å²) in [7, 11) is 0. The largest absolute Gasteiger partial charge is 0.506 e. The number of pyridine rings is 1. The van der Waals surface area contributed by atoms with Gasteiger partial charge in [0.25, 0.3) is 0 Å². The first-order valence-corrected chi connectivity index (χ1v) is 8.44. The third-order valence-corrected chi connectivity index (χ3v) is 4.35. The number of aromatic nitrogens is 3. The van der Waals surface area contributed by atoms with E-state index in [-0.39, 0.29) is 5.75 Å². The van der Waals surface area contributed by atoms with Crippen LogP contribution in [0.5, 0.6) is 5.75 Å². The van der Waals surface area contributed by atoms with E-state index >= 15 is 0 Å². The number of aliphatic imine (C=N–C) groups is 1. The molecular weight excluding hydrogens is 348 g/mol. The molecule has 2 heterocycles. The van der Waals surface area contributed by atoms with Crippen LogP contribution < -0.4 is 0 Å². The second-order valence-corrected chi connectivity index (χ2v) is 6.18. The minimum Gasteiger partial charge on any atom is -0.506 e. The van der Waals surface area contributed by atoms with Crippen LogP contribution in [-0.4, -0.2) is 26.1 Å². The van der Waals surface area contributed by atoms with E-state index in [4.69, 9.17) is 11.6 Å². The van der Waals surface area contributed by atoms with Gasteiger partial charge in [0.1, 0.15) is 16.6 Å². The van der Waals surface area contributed by atoms with Gasteiger partial charge in [-0.25, -0.2) is 9.67 Å². The van der Waals surface area contributed by atoms with Crippen molar-refractivity contribution in [1.82, 2.24) is 14.8 Å². The zero-order valence-electron chi connectivity index (χ0n) is 14.0. The number of hydrogen-bond acceptors (Lipinski definition) is 4. The van der Waals surface area contributed by atoms with Crippen LogP contribution in [0.4, 0.5) is 5.69 Å². The summed E-state index contributed by atoms with van der Waals surface area (Å²) in [5, 5.41) is 15.6. The number of aryl methyl sites for hydroxylation is 1. The minimum absolute atomic E-state index is 0.113. The topological polar surface area (TPSA) is 63.3 Å². The van der Waals surface area contributed by atoms with Gasteiger partial charge in [-0.1, -0.05) is 41.9 Å². The number of nitrogens with zero attached hydrogens (tertiary/aromatic N) is 4. The van der Waals surface area contributed by atoms with Crippen LogP contribution in [0.2, 0.25) is 5.15 Å². The molecule has 4 rings (SSSR count). The van der Waals surface area contributed by atoms with Gasteiger partial charge in [0.2, 0.25) is 0 Å². The molecular formula is C20H15ClN4O. The lowest BCUT2D eigenvalue weighted by Gasteiger charge is -2.04. The molecule has 0 saturated carbocycles. The van der Waals surface area contributed by atoms with E-state index in [9.17, 15) is 5.11 Å². The van der Waals surface area contributed by atoms with Crippen LogP contribution in [0.1, 0.15) is 11.3 Å². The first-order chi connectivity index (χ1) is 12.6. The van der Waals surface area contributed by atoms with E-state index in [0.717, 1.165) is 16.8 Å². The number of benzene rings is 2. The molecule has 0 amide bonds. The van der Waals surface area contributed by atoms with Crippen molar-refractivity contribution >= 4 is 34.5 Å². The van der Waals surface area contributed by atoms with Gasteiger partial charge in [-0.15, -0.1) is 0 Å². The maximum atomic E-state index is 9.83. The summed E-state index contributed by atoms with van der Waals surface area (Å²) in [6.07, 6.45) is 1.60. The van der Waals surface area contributed by atoms with Crippen molar-refractivity contribution in [1.29, 1.82) is 0 Å². The van der Waals surface area contributed by atoms with E-state index in [1.165, 1.54) is 0 Å². The van der Waals surface area contributed by atoms with Crippen LogP contribution in [0.15, 0.2) is 65.7 Å². The highest BCUT2D eigenvalue weighted by molar-refractivity contribution is 6.32. The maximum absolute atomic E-state index is 9.83. The zero-order valence-corrected chi connectivity index (χ0v) is 14.7. The summed E-state index contributed by atoms with van der Waals surface area (Å²) in [6, 6.07) is 18.6. The molecule has 0 unspecified atom stereocenters. The minimum atomic E-state index is 0.113. The van der Waals surface area contributed by atoms with Crippen molar-refractivity contribution in [3.05, 3.63) is 77.1 Å². The van der Waals surface area contributed by atoms with E-state index in [0.29, 0.717) is 22.1 Å². The first-order valence-electron chi connectivity index (χ1n) is 8.07. The summed E-state index contributed by atoms with van der Waals surface area (Å²) in [4.78, 5) is 8.83. The SMILES string of the molecule is Cc1nn(-c2ccccc2)c2nc(Cl)c(C=Nc3ccccc3O)cc12. The van der Waals surface area contributed by atoms with Crippen molar-refractivity contribution < 1.29 is 5.11 Å². The van der Waals surface area contributed by atoms with E-state index in [2.05, 4.69) is 15.1 Å². The predicted octanol–water partition coefficient (Wildman–Crippen LogP) is 4.84. The van der Waals surface area contributed by atoms with Gasteiger partial charge in [0, 0.05) is 17.2 Å². The Morgan fingerprint density at radius 3 is 2.58 bits per heavy atom. The Kier molecular flexibility index (Phi) is 4.14. The van der Waals surface area contributed by atoms with Gasteiger partial charge in [-0.3, -0.25) is 4.99 Å². The lowest BCUT2D eigenvalue weighted by Crippen LogP contribution is -1.98. The first kappa shape index (κ1) is 16.3. The average molecular weight is 363 g/mol. The normalized spacial score (nSPS) is 11.5. The predicted molar refractivity (Wildman–Crippen MR) is 104 cm³/mol. The summed E-state index contributed by atoms with van der Waals surface area (Å²) in [5.41, 5.74) is 3.60. The van der Waals surface area contributed by atoms with E-state index < -0.39 is 0 Å². The Morgan fingerprint density at radius 2 is 1.81 bits per heavy atom. The third kappa shape index (κ3) is 2.93. The van der Waals surface area contributed by atoms with Crippen LogP contribution in [0.3, 0.4) is 0 Å². The molecule has 0 aliphatic heterocycles. The Morgan fingerprint density at radius 1 is 1.08 bits per heavy atom. The second-order valence-electron chi connectivity index (χ2n) is 5.82. The summed E-state index contributed by atoms with van der Waals surface area (Å²) >= 11 is 6.37. The van der Waals surface area contributed by atoms with Crippen molar-refractivity contribution in [2.45, 2.75) is 6.92 Å².